The third kappa shape index (κ3) is 2.86. The number of carbonyl (C=O) groups is 1. The van der Waals surface area contributed by atoms with Gasteiger partial charge in [-0.1, -0.05) is 46.4 Å². The molecule has 0 aliphatic carbocycles. The van der Waals surface area contributed by atoms with Gasteiger partial charge in [0, 0.05) is 23.5 Å². The monoisotopic (exact) mass is 349 g/mol. The van der Waals surface area contributed by atoms with Gasteiger partial charge in [-0.25, -0.2) is 4.79 Å². The van der Waals surface area contributed by atoms with E-state index < -0.39 is 5.97 Å². The van der Waals surface area contributed by atoms with Crippen molar-refractivity contribution in [3.05, 3.63) is 50.2 Å². The number of methoxy groups -OCH3 is 1. The van der Waals surface area contributed by atoms with Crippen molar-refractivity contribution in [3.8, 4) is 11.1 Å². The van der Waals surface area contributed by atoms with Crippen LogP contribution >= 0.6 is 46.4 Å². The highest BCUT2D eigenvalue weighted by atomic mass is 35.5. The minimum absolute atomic E-state index is 0.163. The van der Waals surface area contributed by atoms with Gasteiger partial charge in [0.15, 0.2) is 0 Å². The number of hydrogen-bond donors (Lipinski definition) is 0. The first-order chi connectivity index (χ1) is 9.45. The second-order valence-corrected chi connectivity index (χ2v) is 5.41. The number of ether oxygens (including phenoxy) is 1. The van der Waals surface area contributed by atoms with Gasteiger partial charge in [0.25, 0.3) is 0 Å². The first-order valence-electron chi connectivity index (χ1n) is 5.32. The quantitative estimate of drug-likeness (QED) is 0.555. The van der Waals surface area contributed by atoms with Gasteiger partial charge in [-0.2, -0.15) is 0 Å². The molecule has 2 rings (SSSR count). The Labute approximate surface area is 135 Å². The van der Waals surface area contributed by atoms with Crippen molar-refractivity contribution < 1.29 is 9.53 Å². The summed E-state index contributed by atoms with van der Waals surface area (Å²) in [5.41, 5.74) is 1.09. The summed E-state index contributed by atoms with van der Waals surface area (Å²) in [7, 11) is 1.26. The van der Waals surface area contributed by atoms with E-state index in [2.05, 4.69) is 4.98 Å². The summed E-state index contributed by atoms with van der Waals surface area (Å²) in [6, 6.07) is 3.04. The molecule has 0 saturated heterocycles. The maximum atomic E-state index is 11.9. The largest absolute Gasteiger partial charge is 0.465 e. The van der Waals surface area contributed by atoms with Crippen molar-refractivity contribution in [3.63, 3.8) is 0 Å². The van der Waals surface area contributed by atoms with Crippen LogP contribution in [0.15, 0.2) is 24.5 Å². The van der Waals surface area contributed by atoms with Crippen LogP contribution in [0.1, 0.15) is 10.4 Å². The molecule has 0 bridgehead atoms. The minimum atomic E-state index is -0.588. The van der Waals surface area contributed by atoms with Crippen molar-refractivity contribution in [2.75, 3.05) is 7.11 Å². The Morgan fingerprint density at radius 2 is 1.60 bits per heavy atom. The van der Waals surface area contributed by atoms with E-state index in [-0.39, 0.29) is 10.6 Å². The number of hydrogen-bond acceptors (Lipinski definition) is 3. The SMILES string of the molecule is COC(=O)c1c(Cl)cncc1-c1cc(Cl)c(Cl)cc1Cl. The molecule has 0 spiro atoms. The predicted octanol–water partition coefficient (Wildman–Crippen LogP) is 5.15. The summed E-state index contributed by atoms with van der Waals surface area (Å²) >= 11 is 24.0. The van der Waals surface area contributed by atoms with Crippen LogP contribution in [0.4, 0.5) is 0 Å². The fourth-order valence-corrected chi connectivity index (χ4v) is 2.56. The van der Waals surface area contributed by atoms with E-state index in [1.807, 2.05) is 0 Å². The van der Waals surface area contributed by atoms with Crippen LogP contribution in [0.25, 0.3) is 11.1 Å². The minimum Gasteiger partial charge on any atom is -0.465 e. The normalized spacial score (nSPS) is 10.4. The van der Waals surface area contributed by atoms with E-state index in [0.717, 1.165) is 0 Å². The molecule has 20 heavy (non-hydrogen) atoms. The van der Waals surface area contributed by atoms with Gasteiger partial charge in [0.2, 0.25) is 0 Å². The number of esters is 1. The van der Waals surface area contributed by atoms with Crippen LogP contribution in [0.2, 0.25) is 20.1 Å². The molecule has 2 aromatic rings. The molecule has 0 aliphatic rings. The maximum absolute atomic E-state index is 11.9. The third-order valence-electron chi connectivity index (χ3n) is 2.59. The highest BCUT2D eigenvalue weighted by Crippen LogP contribution is 2.38. The Morgan fingerprint density at radius 1 is 0.950 bits per heavy atom. The van der Waals surface area contributed by atoms with Gasteiger partial charge >= 0.3 is 5.97 Å². The standard InChI is InChI=1S/C13H7Cl4NO2/c1-20-13(19)12-7(4-18-5-11(12)17)6-2-9(15)10(16)3-8(6)14/h2-5H,1H3. The molecule has 0 unspecified atom stereocenters. The summed E-state index contributed by atoms with van der Waals surface area (Å²) in [4.78, 5) is 15.8. The van der Waals surface area contributed by atoms with Gasteiger partial charge in [-0.05, 0) is 12.1 Å². The Kier molecular flexibility index (Phi) is 4.76. The van der Waals surface area contributed by atoms with E-state index in [4.69, 9.17) is 51.1 Å². The summed E-state index contributed by atoms with van der Waals surface area (Å²) in [5, 5.41) is 1.11. The molecule has 0 aliphatic heterocycles. The van der Waals surface area contributed by atoms with Gasteiger partial charge in [0.1, 0.15) is 0 Å². The fourth-order valence-electron chi connectivity index (χ4n) is 1.68. The number of aromatic nitrogens is 1. The van der Waals surface area contributed by atoms with Crippen molar-refractivity contribution in [1.82, 2.24) is 4.98 Å². The van der Waals surface area contributed by atoms with Crippen molar-refractivity contribution >= 4 is 52.4 Å². The van der Waals surface area contributed by atoms with E-state index in [0.29, 0.717) is 26.2 Å². The van der Waals surface area contributed by atoms with E-state index >= 15 is 0 Å². The first kappa shape index (κ1) is 15.4. The fraction of sp³-hybridized carbons (Fsp3) is 0.0769. The average Bonchev–Trinajstić information content (AvgIpc) is 2.42. The second-order valence-electron chi connectivity index (χ2n) is 3.78. The first-order valence-corrected chi connectivity index (χ1v) is 6.83. The van der Waals surface area contributed by atoms with Crippen LogP contribution in [0.3, 0.4) is 0 Å². The van der Waals surface area contributed by atoms with Crippen molar-refractivity contribution in [2.24, 2.45) is 0 Å². The molecular formula is C13H7Cl4NO2. The lowest BCUT2D eigenvalue weighted by Gasteiger charge is -2.11. The molecule has 0 saturated carbocycles. The molecular weight excluding hydrogens is 344 g/mol. The number of carbonyl (C=O) groups excluding carboxylic acids is 1. The lowest BCUT2D eigenvalue weighted by molar-refractivity contribution is 0.0601. The topological polar surface area (TPSA) is 39.2 Å². The number of halogens is 4. The van der Waals surface area contributed by atoms with Gasteiger partial charge in [-0.3, -0.25) is 4.98 Å². The van der Waals surface area contributed by atoms with E-state index in [1.165, 1.54) is 25.6 Å². The van der Waals surface area contributed by atoms with E-state index in [9.17, 15) is 4.79 Å². The predicted molar refractivity (Wildman–Crippen MR) is 81.1 cm³/mol. The van der Waals surface area contributed by atoms with Crippen LogP contribution in [0, 0.1) is 0 Å². The summed E-state index contributed by atoms with van der Waals surface area (Å²) in [5.74, 6) is -0.588. The molecule has 7 heteroatoms. The average molecular weight is 351 g/mol. The smallest absolute Gasteiger partial charge is 0.340 e. The third-order valence-corrected chi connectivity index (χ3v) is 3.91. The lowest BCUT2D eigenvalue weighted by atomic mass is 10.0. The Morgan fingerprint density at radius 3 is 2.25 bits per heavy atom. The zero-order valence-corrected chi connectivity index (χ0v) is 13.1. The van der Waals surface area contributed by atoms with Gasteiger partial charge in [-0.15, -0.1) is 0 Å². The zero-order chi connectivity index (χ0) is 14.9. The molecule has 0 fully saturated rings. The van der Waals surface area contributed by atoms with Gasteiger partial charge in [0.05, 0.1) is 32.8 Å². The summed E-state index contributed by atoms with van der Waals surface area (Å²) in [6.45, 7) is 0. The summed E-state index contributed by atoms with van der Waals surface area (Å²) in [6.07, 6.45) is 2.81. The number of pyridine rings is 1. The van der Waals surface area contributed by atoms with Crippen molar-refractivity contribution in [1.29, 1.82) is 0 Å². The molecule has 1 aromatic carbocycles. The molecule has 0 atom stereocenters. The highest BCUT2D eigenvalue weighted by Gasteiger charge is 2.20. The molecule has 1 heterocycles. The second kappa shape index (κ2) is 6.19. The molecule has 0 N–H and O–H groups in total. The highest BCUT2D eigenvalue weighted by molar-refractivity contribution is 6.44. The Bertz CT molecular complexity index is 688. The number of nitrogens with zero attached hydrogens (tertiary/aromatic N) is 1. The van der Waals surface area contributed by atoms with E-state index in [1.54, 1.807) is 6.07 Å². The van der Waals surface area contributed by atoms with Crippen LogP contribution in [0.5, 0.6) is 0 Å². The number of benzene rings is 1. The lowest BCUT2D eigenvalue weighted by Crippen LogP contribution is -2.05. The van der Waals surface area contributed by atoms with Crippen LogP contribution in [-0.4, -0.2) is 18.1 Å². The van der Waals surface area contributed by atoms with Crippen LogP contribution < -0.4 is 0 Å². The molecule has 3 nitrogen and oxygen atoms in total. The number of rotatable bonds is 2. The van der Waals surface area contributed by atoms with Crippen molar-refractivity contribution in [2.45, 2.75) is 0 Å². The Hall–Kier alpha value is -1.000. The molecule has 0 radical (unpaired) electrons. The van der Waals surface area contributed by atoms with Crippen LogP contribution in [-0.2, 0) is 4.74 Å². The molecule has 104 valence electrons. The molecule has 1 aromatic heterocycles. The zero-order valence-electron chi connectivity index (χ0n) is 10.1. The maximum Gasteiger partial charge on any atom is 0.340 e. The Balaban J connectivity index is 2.73. The molecule has 0 amide bonds. The summed E-state index contributed by atoms with van der Waals surface area (Å²) < 4.78 is 4.72. The van der Waals surface area contributed by atoms with Gasteiger partial charge < -0.3 is 4.74 Å².